The molecule has 7 heteroatoms. The molecule has 7 nitrogen and oxygen atoms in total. The quantitative estimate of drug-likeness (QED) is 0.723. The molecule has 21 heavy (non-hydrogen) atoms. The zero-order valence-electron chi connectivity index (χ0n) is 10.7. The molecule has 0 aliphatic heterocycles. The lowest BCUT2D eigenvalue weighted by atomic mass is 10.2. The first kappa shape index (κ1) is 14.0. The highest BCUT2D eigenvalue weighted by Gasteiger charge is 2.11. The van der Waals surface area contributed by atoms with Crippen molar-refractivity contribution in [3.63, 3.8) is 0 Å². The van der Waals surface area contributed by atoms with Gasteiger partial charge in [0.15, 0.2) is 0 Å². The van der Waals surface area contributed by atoms with E-state index >= 15 is 0 Å². The molecular formula is C14H10N4O3. The number of nitrogens with zero attached hydrogens (tertiary/aromatic N) is 2. The van der Waals surface area contributed by atoms with Gasteiger partial charge in [-0.3, -0.25) is 14.6 Å². The summed E-state index contributed by atoms with van der Waals surface area (Å²) in [4.78, 5) is 26.6. The standard InChI is InChI=1S/C14H10N4O3/c15-6-8-1-3-10(12(19)5-8)18-14(21)9-2-4-11(13(16)20)17-7-9/h1-5,7,19H,(H2,16,20)(H,18,21). The highest BCUT2D eigenvalue weighted by Crippen LogP contribution is 2.24. The van der Waals surface area contributed by atoms with E-state index in [0.717, 1.165) is 0 Å². The minimum absolute atomic E-state index is 0.0489. The number of rotatable bonds is 3. The van der Waals surface area contributed by atoms with Crippen molar-refractivity contribution in [2.24, 2.45) is 5.73 Å². The Morgan fingerprint density at radius 3 is 2.57 bits per heavy atom. The number of phenolic OH excluding ortho intramolecular Hbond substituents is 1. The Morgan fingerprint density at radius 2 is 2.05 bits per heavy atom. The largest absolute Gasteiger partial charge is 0.506 e. The van der Waals surface area contributed by atoms with Crippen LogP contribution in [0.25, 0.3) is 0 Å². The van der Waals surface area contributed by atoms with E-state index < -0.39 is 11.8 Å². The zero-order chi connectivity index (χ0) is 15.4. The van der Waals surface area contributed by atoms with E-state index in [1.165, 1.54) is 36.5 Å². The number of pyridine rings is 1. The smallest absolute Gasteiger partial charge is 0.267 e. The van der Waals surface area contributed by atoms with Gasteiger partial charge in [0.25, 0.3) is 11.8 Å². The van der Waals surface area contributed by atoms with Crippen LogP contribution in [-0.4, -0.2) is 21.9 Å². The normalized spacial score (nSPS) is 9.67. The zero-order valence-corrected chi connectivity index (χ0v) is 10.7. The monoisotopic (exact) mass is 282 g/mol. The summed E-state index contributed by atoms with van der Waals surface area (Å²) in [6.45, 7) is 0. The van der Waals surface area contributed by atoms with Crippen LogP contribution in [0.1, 0.15) is 26.4 Å². The number of benzene rings is 1. The van der Waals surface area contributed by atoms with E-state index in [2.05, 4.69) is 10.3 Å². The van der Waals surface area contributed by atoms with Gasteiger partial charge in [0.1, 0.15) is 11.4 Å². The summed E-state index contributed by atoms with van der Waals surface area (Å²) in [7, 11) is 0. The molecule has 0 fully saturated rings. The second kappa shape index (κ2) is 5.71. The summed E-state index contributed by atoms with van der Waals surface area (Å²) < 4.78 is 0. The van der Waals surface area contributed by atoms with Crippen LogP contribution in [0, 0.1) is 11.3 Å². The number of nitrogens with two attached hydrogens (primary N) is 1. The lowest BCUT2D eigenvalue weighted by Gasteiger charge is -2.07. The van der Waals surface area contributed by atoms with E-state index in [9.17, 15) is 14.7 Å². The van der Waals surface area contributed by atoms with Crippen molar-refractivity contribution < 1.29 is 14.7 Å². The number of carbonyl (C=O) groups excluding carboxylic acids is 2. The molecular weight excluding hydrogens is 272 g/mol. The summed E-state index contributed by atoms with van der Waals surface area (Å²) in [5.74, 6) is -1.42. The number of anilines is 1. The van der Waals surface area contributed by atoms with E-state index in [-0.39, 0.29) is 28.3 Å². The topological polar surface area (TPSA) is 129 Å². The van der Waals surface area contributed by atoms with Gasteiger partial charge < -0.3 is 16.2 Å². The van der Waals surface area contributed by atoms with Crippen molar-refractivity contribution in [2.75, 3.05) is 5.32 Å². The fourth-order valence-electron chi connectivity index (χ4n) is 1.58. The van der Waals surface area contributed by atoms with Gasteiger partial charge in [0, 0.05) is 6.20 Å². The Bertz CT molecular complexity index is 748. The molecule has 0 aliphatic carbocycles. The molecule has 0 radical (unpaired) electrons. The number of hydrogen-bond donors (Lipinski definition) is 3. The van der Waals surface area contributed by atoms with Crippen LogP contribution in [0.5, 0.6) is 5.75 Å². The fourth-order valence-corrected chi connectivity index (χ4v) is 1.58. The third-order valence-corrected chi connectivity index (χ3v) is 2.65. The Morgan fingerprint density at radius 1 is 1.29 bits per heavy atom. The lowest BCUT2D eigenvalue weighted by molar-refractivity contribution is 0.0990. The number of carbonyl (C=O) groups is 2. The summed E-state index contributed by atoms with van der Waals surface area (Å²) in [5, 5.41) is 20.9. The molecule has 1 heterocycles. The maximum Gasteiger partial charge on any atom is 0.267 e. The lowest BCUT2D eigenvalue weighted by Crippen LogP contribution is -2.15. The molecule has 104 valence electrons. The first-order chi connectivity index (χ1) is 10.0. The van der Waals surface area contributed by atoms with E-state index in [1.54, 1.807) is 0 Å². The molecule has 4 N–H and O–H groups in total. The van der Waals surface area contributed by atoms with Crippen molar-refractivity contribution in [1.29, 1.82) is 5.26 Å². The van der Waals surface area contributed by atoms with Gasteiger partial charge >= 0.3 is 0 Å². The van der Waals surface area contributed by atoms with Gasteiger partial charge in [-0.05, 0) is 30.3 Å². The van der Waals surface area contributed by atoms with Crippen molar-refractivity contribution in [3.8, 4) is 11.8 Å². The van der Waals surface area contributed by atoms with Crippen molar-refractivity contribution in [1.82, 2.24) is 4.98 Å². The van der Waals surface area contributed by atoms with E-state index in [4.69, 9.17) is 11.0 Å². The summed E-state index contributed by atoms with van der Waals surface area (Å²) in [6.07, 6.45) is 1.20. The van der Waals surface area contributed by atoms with Crippen LogP contribution in [-0.2, 0) is 0 Å². The van der Waals surface area contributed by atoms with Crippen LogP contribution in [0.3, 0.4) is 0 Å². The highest BCUT2D eigenvalue weighted by molar-refractivity contribution is 6.05. The van der Waals surface area contributed by atoms with E-state index in [1.807, 2.05) is 6.07 Å². The maximum absolute atomic E-state index is 12.0. The minimum Gasteiger partial charge on any atom is -0.506 e. The molecule has 0 spiro atoms. The van der Waals surface area contributed by atoms with Crippen LogP contribution in [0.4, 0.5) is 5.69 Å². The van der Waals surface area contributed by atoms with Gasteiger partial charge in [-0.25, -0.2) is 0 Å². The number of nitriles is 1. The van der Waals surface area contributed by atoms with Crippen molar-refractivity contribution in [2.45, 2.75) is 0 Å². The Balaban J connectivity index is 2.18. The van der Waals surface area contributed by atoms with Gasteiger partial charge in [-0.15, -0.1) is 0 Å². The molecule has 2 amide bonds. The van der Waals surface area contributed by atoms with Crippen LogP contribution < -0.4 is 11.1 Å². The highest BCUT2D eigenvalue weighted by atomic mass is 16.3. The second-order valence-corrected chi connectivity index (χ2v) is 4.09. The molecule has 0 aliphatic rings. The van der Waals surface area contributed by atoms with Gasteiger partial charge in [0.2, 0.25) is 0 Å². The first-order valence-corrected chi connectivity index (χ1v) is 5.81. The third-order valence-electron chi connectivity index (χ3n) is 2.65. The number of aromatic nitrogens is 1. The molecule has 2 rings (SSSR count). The third kappa shape index (κ3) is 3.13. The Labute approximate surface area is 119 Å². The number of nitrogens with one attached hydrogen (secondary N) is 1. The van der Waals surface area contributed by atoms with Crippen molar-refractivity contribution in [3.05, 3.63) is 53.3 Å². The molecule has 1 aromatic carbocycles. The van der Waals surface area contributed by atoms with Crippen LogP contribution in [0.2, 0.25) is 0 Å². The average Bonchev–Trinajstić information content (AvgIpc) is 2.49. The number of hydrogen-bond acceptors (Lipinski definition) is 5. The van der Waals surface area contributed by atoms with Crippen LogP contribution >= 0.6 is 0 Å². The Hall–Kier alpha value is -3.40. The minimum atomic E-state index is -0.688. The number of phenols is 1. The average molecular weight is 282 g/mol. The second-order valence-electron chi connectivity index (χ2n) is 4.09. The molecule has 0 atom stereocenters. The summed E-state index contributed by atoms with van der Waals surface area (Å²) in [6, 6.07) is 8.71. The molecule has 0 unspecified atom stereocenters. The van der Waals surface area contributed by atoms with Crippen LogP contribution in [0.15, 0.2) is 36.5 Å². The number of primary amides is 1. The fraction of sp³-hybridized carbons (Fsp3) is 0. The predicted molar refractivity (Wildman–Crippen MR) is 73.5 cm³/mol. The van der Waals surface area contributed by atoms with Crippen molar-refractivity contribution >= 4 is 17.5 Å². The SMILES string of the molecule is N#Cc1ccc(NC(=O)c2ccc(C(N)=O)nc2)c(O)c1. The van der Waals surface area contributed by atoms with Gasteiger partial charge in [0.05, 0.1) is 22.9 Å². The molecule has 1 aromatic heterocycles. The van der Waals surface area contributed by atoms with Gasteiger partial charge in [-0.2, -0.15) is 5.26 Å². The maximum atomic E-state index is 12.0. The molecule has 0 bridgehead atoms. The molecule has 0 saturated heterocycles. The molecule has 2 aromatic rings. The summed E-state index contributed by atoms with van der Waals surface area (Å²) in [5.41, 5.74) is 5.74. The number of aromatic hydroxyl groups is 1. The number of amides is 2. The predicted octanol–water partition coefficient (Wildman–Crippen LogP) is 1.01. The van der Waals surface area contributed by atoms with Gasteiger partial charge in [-0.1, -0.05) is 0 Å². The Kier molecular flexibility index (Phi) is 3.81. The van der Waals surface area contributed by atoms with E-state index in [0.29, 0.717) is 0 Å². The first-order valence-electron chi connectivity index (χ1n) is 5.81. The molecule has 0 saturated carbocycles. The summed E-state index contributed by atoms with van der Waals surface area (Å²) >= 11 is 0.